The number of phenolic OH excluding ortho intramolecular Hbond substituents is 1. The second kappa shape index (κ2) is 5.91. The summed E-state index contributed by atoms with van der Waals surface area (Å²) in [5, 5.41) is 12.2. The van der Waals surface area contributed by atoms with E-state index < -0.39 is 0 Å². The number of phenols is 1. The number of anilines is 1. The Kier molecular flexibility index (Phi) is 4.02. The molecule has 1 amide bonds. The minimum atomic E-state index is -0.0799. The first-order valence-corrected chi connectivity index (χ1v) is 5.94. The van der Waals surface area contributed by atoms with Crippen molar-refractivity contribution in [3.8, 4) is 5.75 Å². The van der Waals surface area contributed by atoms with Crippen molar-refractivity contribution >= 4 is 11.6 Å². The van der Waals surface area contributed by atoms with Crippen LogP contribution >= 0.6 is 0 Å². The van der Waals surface area contributed by atoms with E-state index in [4.69, 9.17) is 0 Å². The highest BCUT2D eigenvalue weighted by Gasteiger charge is 2.05. The van der Waals surface area contributed by atoms with E-state index in [1.807, 2.05) is 29.1 Å². The van der Waals surface area contributed by atoms with E-state index >= 15 is 0 Å². The number of carbonyl (C=O) groups is 1. The van der Waals surface area contributed by atoms with Crippen molar-refractivity contribution in [3.05, 3.63) is 48.8 Å². The number of para-hydroxylation sites is 2. The molecular formula is C14H16N2O2. The average Bonchev–Trinajstić information content (AvgIpc) is 2.85. The minimum absolute atomic E-state index is 0.0799. The maximum Gasteiger partial charge on any atom is 0.224 e. The summed E-state index contributed by atoms with van der Waals surface area (Å²) >= 11 is 0. The molecule has 18 heavy (non-hydrogen) atoms. The van der Waals surface area contributed by atoms with Crippen LogP contribution < -0.4 is 5.32 Å². The van der Waals surface area contributed by atoms with Gasteiger partial charge in [-0.2, -0.15) is 0 Å². The van der Waals surface area contributed by atoms with Crippen molar-refractivity contribution in [2.24, 2.45) is 0 Å². The van der Waals surface area contributed by atoms with Crippen molar-refractivity contribution < 1.29 is 9.90 Å². The van der Waals surface area contributed by atoms with Gasteiger partial charge in [-0.25, -0.2) is 0 Å². The predicted octanol–water partition coefficient (Wildman–Crippen LogP) is 2.61. The summed E-state index contributed by atoms with van der Waals surface area (Å²) < 4.78 is 2.03. The summed E-state index contributed by atoms with van der Waals surface area (Å²) in [7, 11) is 0. The van der Waals surface area contributed by atoms with Gasteiger partial charge in [-0.1, -0.05) is 12.1 Å². The second-order valence-electron chi connectivity index (χ2n) is 4.09. The molecule has 2 rings (SSSR count). The molecule has 4 nitrogen and oxygen atoms in total. The topological polar surface area (TPSA) is 54.3 Å². The van der Waals surface area contributed by atoms with E-state index in [-0.39, 0.29) is 11.7 Å². The molecule has 0 bridgehead atoms. The Balaban J connectivity index is 1.77. The molecule has 0 unspecified atom stereocenters. The fourth-order valence-corrected chi connectivity index (χ4v) is 1.73. The lowest BCUT2D eigenvalue weighted by atomic mass is 10.2. The number of rotatable bonds is 5. The third-order valence-corrected chi connectivity index (χ3v) is 2.66. The van der Waals surface area contributed by atoms with E-state index in [9.17, 15) is 9.90 Å². The second-order valence-corrected chi connectivity index (χ2v) is 4.09. The summed E-state index contributed by atoms with van der Waals surface area (Å²) in [5.41, 5.74) is 0.462. The predicted molar refractivity (Wildman–Crippen MR) is 70.4 cm³/mol. The van der Waals surface area contributed by atoms with Gasteiger partial charge in [0, 0.05) is 25.4 Å². The van der Waals surface area contributed by atoms with Gasteiger partial charge in [0.05, 0.1) is 5.69 Å². The molecule has 0 saturated heterocycles. The number of aromatic hydroxyl groups is 1. The van der Waals surface area contributed by atoms with Gasteiger partial charge >= 0.3 is 0 Å². The summed E-state index contributed by atoms with van der Waals surface area (Å²) in [5.74, 6) is 0.0138. The molecule has 94 valence electrons. The first-order chi connectivity index (χ1) is 8.75. The Morgan fingerprint density at radius 2 is 1.89 bits per heavy atom. The lowest BCUT2D eigenvalue weighted by Gasteiger charge is -2.07. The number of aromatic nitrogens is 1. The monoisotopic (exact) mass is 244 g/mol. The molecule has 0 aliphatic carbocycles. The van der Waals surface area contributed by atoms with Crippen LogP contribution in [-0.2, 0) is 11.3 Å². The Labute approximate surface area is 106 Å². The zero-order chi connectivity index (χ0) is 12.8. The maximum absolute atomic E-state index is 11.7. The van der Waals surface area contributed by atoms with Crippen LogP contribution in [0, 0.1) is 0 Å². The van der Waals surface area contributed by atoms with Gasteiger partial charge in [0.1, 0.15) is 5.75 Å². The summed E-state index contributed by atoms with van der Waals surface area (Å²) in [4.78, 5) is 11.7. The van der Waals surface area contributed by atoms with E-state index in [0.717, 1.165) is 13.0 Å². The quantitative estimate of drug-likeness (QED) is 0.794. The molecule has 4 heteroatoms. The van der Waals surface area contributed by atoms with Gasteiger partial charge in [-0.3, -0.25) is 4.79 Å². The van der Waals surface area contributed by atoms with Gasteiger partial charge in [-0.05, 0) is 30.7 Å². The SMILES string of the molecule is O=C(CCCn1cccc1)Nc1ccccc1O. The maximum atomic E-state index is 11.7. The molecule has 0 radical (unpaired) electrons. The van der Waals surface area contributed by atoms with Crippen LogP contribution in [0.2, 0.25) is 0 Å². The Bertz CT molecular complexity index is 506. The number of hydrogen-bond acceptors (Lipinski definition) is 2. The van der Waals surface area contributed by atoms with Crippen LogP contribution in [0.5, 0.6) is 5.75 Å². The van der Waals surface area contributed by atoms with Crippen molar-refractivity contribution in [3.63, 3.8) is 0 Å². The minimum Gasteiger partial charge on any atom is -0.506 e. The molecule has 0 fully saturated rings. The van der Waals surface area contributed by atoms with E-state index in [1.165, 1.54) is 0 Å². The third kappa shape index (κ3) is 3.38. The molecule has 0 spiro atoms. The molecule has 0 aliphatic rings. The van der Waals surface area contributed by atoms with Crippen molar-refractivity contribution in [1.29, 1.82) is 0 Å². The number of amides is 1. The van der Waals surface area contributed by atoms with Crippen molar-refractivity contribution in [2.45, 2.75) is 19.4 Å². The summed E-state index contributed by atoms with van der Waals surface area (Å²) in [6.45, 7) is 0.821. The highest BCUT2D eigenvalue weighted by Crippen LogP contribution is 2.21. The van der Waals surface area contributed by atoms with Crippen LogP contribution in [0.4, 0.5) is 5.69 Å². The highest BCUT2D eigenvalue weighted by atomic mass is 16.3. The van der Waals surface area contributed by atoms with E-state index in [1.54, 1.807) is 24.3 Å². The molecule has 1 heterocycles. The van der Waals surface area contributed by atoms with E-state index in [2.05, 4.69) is 5.32 Å². The van der Waals surface area contributed by atoms with Crippen molar-refractivity contribution in [1.82, 2.24) is 4.57 Å². The lowest BCUT2D eigenvalue weighted by Crippen LogP contribution is -2.12. The molecule has 1 aromatic carbocycles. The standard InChI is InChI=1S/C14H16N2O2/c17-13-7-2-1-6-12(13)15-14(18)8-5-11-16-9-3-4-10-16/h1-4,6-7,9-10,17H,5,8,11H2,(H,15,18). The molecular weight excluding hydrogens is 228 g/mol. The molecule has 0 atom stereocenters. The zero-order valence-corrected chi connectivity index (χ0v) is 10.0. The molecule has 2 N–H and O–H groups in total. The fourth-order valence-electron chi connectivity index (χ4n) is 1.73. The Hall–Kier alpha value is -2.23. The number of nitrogens with one attached hydrogen (secondary N) is 1. The van der Waals surface area contributed by atoms with Gasteiger partial charge in [-0.15, -0.1) is 0 Å². The number of hydrogen-bond donors (Lipinski definition) is 2. The lowest BCUT2D eigenvalue weighted by molar-refractivity contribution is -0.116. The third-order valence-electron chi connectivity index (χ3n) is 2.66. The summed E-state index contributed by atoms with van der Waals surface area (Å²) in [6.07, 6.45) is 5.16. The van der Waals surface area contributed by atoms with Crippen LogP contribution in [-0.4, -0.2) is 15.6 Å². The van der Waals surface area contributed by atoms with Crippen LogP contribution in [0.15, 0.2) is 48.8 Å². The van der Waals surface area contributed by atoms with Crippen LogP contribution in [0.25, 0.3) is 0 Å². The fraction of sp³-hybridized carbons (Fsp3) is 0.214. The zero-order valence-electron chi connectivity index (χ0n) is 10.0. The molecule has 2 aromatic rings. The number of carbonyl (C=O) groups excluding carboxylic acids is 1. The highest BCUT2D eigenvalue weighted by molar-refractivity contribution is 5.92. The van der Waals surface area contributed by atoms with Gasteiger partial charge in [0.2, 0.25) is 5.91 Å². The largest absolute Gasteiger partial charge is 0.506 e. The van der Waals surface area contributed by atoms with Crippen LogP contribution in [0.3, 0.4) is 0 Å². The Morgan fingerprint density at radius 1 is 1.17 bits per heavy atom. The first-order valence-electron chi connectivity index (χ1n) is 5.94. The number of nitrogens with zero attached hydrogens (tertiary/aromatic N) is 1. The first kappa shape index (κ1) is 12.2. The molecule has 0 saturated carbocycles. The number of aryl methyl sites for hydroxylation is 1. The van der Waals surface area contributed by atoms with E-state index in [0.29, 0.717) is 12.1 Å². The number of benzene rings is 1. The molecule has 0 aliphatic heterocycles. The van der Waals surface area contributed by atoms with Gasteiger partial charge in [0.15, 0.2) is 0 Å². The van der Waals surface area contributed by atoms with Gasteiger partial charge < -0.3 is 15.0 Å². The average molecular weight is 244 g/mol. The summed E-state index contributed by atoms with van der Waals surface area (Å²) in [6, 6.07) is 10.6. The smallest absolute Gasteiger partial charge is 0.224 e. The molecule has 1 aromatic heterocycles. The normalized spacial score (nSPS) is 10.2. The van der Waals surface area contributed by atoms with Crippen LogP contribution in [0.1, 0.15) is 12.8 Å². The van der Waals surface area contributed by atoms with Gasteiger partial charge in [0.25, 0.3) is 0 Å². The Morgan fingerprint density at radius 3 is 2.61 bits per heavy atom. The van der Waals surface area contributed by atoms with Crippen molar-refractivity contribution in [2.75, 3.05) is 5.32 Å².